The molecule has 0 aliphatic rings. The molecule has 0 fully saturated rings. The van der Waals surface area contributed by atoms with E-state index in [1.807, 2.05) is 0 Å². The predicted molar refractivity (Wildman–Crippen MR) is 88.2 cm³/mol. The van der Waals surface area contributed by atoms with Gasteiger partial charge in [0, 0.05) is 11.4 Å². The lowest BCUT2D eigenvalue weighted by molar-refractivity contribution is 0.955. The van der Waals surface area contributed by atoms with Gasteiger partial charge in [-0.25, -0.2) is 0 Å². The second-order valence-electron chi connectivity index (χ2n) is 4.85. The molecule has 20 heavy (non-hydrogen) atoms. The van der Waals surface area contributed by atoms with Gasteiger partial charge >= 0.3 is 0 Å². The predicted octanol–water partition coefficient (Wildman–Crippen LogP) is 5.02. The molecular formula is C19H27N. The van der Waals surface area contributed by atoms with Gasteiger partial charge in [-0.1, -0.05) is 58.0 Å². The molecule has 0 radical (unpaired) electrons. The third-order valence-corrected chi connectivity index (χ3v) is 3.40. The monoisotopic (exact) mass is 269 g/mol. The highest BCUT2D eigenvalue weighted by Gasteiger charge is 1.91. The van der Waals surface area contributed by atoms with E-state index >= 15 is 0 Å². The van der Waals surface area contributed by atoms with E-state index in [9.17, 15) is 0 Å². The fourth-order valence-electron chi connectivity index (χ4n) is 1.99. The molecule has 2 aromatic rings. The minimum atomic E-state index is 1.04. The number of pyridine rings is 1. The molecule has 1 heterocycles. The Kier molecular flexibility index (Phi) is 7.64. The van der Waals surface area contributed by atoms with Crippen molar-refractivity contribution >= 4 is 0 Å². The van der Waals surface area contributed by atoms with Gasteiger partial charge in [0.2, 0.25) is 0 Å². The van der Waals surface area contributed by atoms with Crippen LogP contribution in [0.5, 0.6) is 0 Å². The van der Waals surface area contributed by atoms with Crippen LogP contribution in [0.4, 0.5) is 0 Å². The molecule has 1 heteroatoms. The van der Waals surface area contributed by atoms with Crippen molar-refractivity contribution in [3.63, 3.8) is 0 Å². The van der Waals surface area contributed by atoms with Crippen molar-refractivity contribution in [3.05, 3.63) is 65.0 Å². The van der Waals surface area contributed by atoms with Gasteiger partial charge in [-0.3, -0.25) is 4.98 Å². The number of aromatic nitrogens is 1. The third-order valence-electron chi connectivity index (χ3n) is 3.40. The third kappa shape index (κ3) is 5.56. The number of aryl methyl sites for hydroxylation is 4. The molecule has 1 aromatic heterocycles. The van der Waals surface area contributed by atoms with Crippen LogP contribution in [0.2, 0.25) is 0 Å². The first kappa shape index (κ1) is 16.4. The van der Waals surface area contributed by atoms with Crippen molar-refractivity contribution in [2.75, 3.05) is 0 Å². The highest BCUT2D eigenvalue weighted by atomic mass is 14.7. The number of hydrogen-bond donors (Lipinski definition) is 0. The normalized spacial score (nSPS) is 9.80. The summed E-state index contributed by atoms with van der Waals surface area (Å²) >= 11 is 0. The van der Waals surface area contributed by atoms with E-state index < -0.39 is 0 Å². The van der Waals surface area contributed by atoms with Crippen molar-refractivity contribution in [3.8, 4) is 0 Å². The van der Waals surface area contributed by atoms with Gasteiger partial charge in [0.15, 0.2) is 0 Å². The van der Waals surface area contributed by atoms with E-state index in [1.165, 1.54) is 22.5 Å². The Morgan fingerprint density at radius 2 is 1.10 bits per heavy atom. The van der Waals surface area contributed by atoms with Crippen molar-refractivity contribution in [1.29, 1.82) is 0 Å². The number of hydrogen-bond acceptors (Lipinski definition) is 1. The fourth-order valence-corrected chi connectivity index (χ4v) is 1.99. The molecular weight excluding hydrogens is 242 g/mol. The first-order valence-corrected chi connectivity index (χ1v) is 7.76. The Balaban J connectivity index is 0.000000200. The summed E-state index contributed by atoms with van der Waals surface area (Å²) in [5, 5.41) is 0. The molecule has 108 valence electrons. The fraction of sp³-hybridized carbons (Fsp3) is 0.421. The maximum absolute atomic E-state index is 4.41. The Morgan fingerprint density at radius 3 is 1.50 bits per heavy atom. The van der Waals surface area contributed by atoms with Crippen LogP contribution in [0.3, 0.4) is 0 Å². The largest absolute Gasteiger partial charge is 0.258 e. The van der Waals surface area contributed by atoms with Gasteiger partial charge in [0.05, 0.1) is 0 Å². The first-order chi connectivity index (χ1) is 9.73. The van der Waals surface area contributed by atoms with Gasteiger partial charge in [-0.15, -0.1) is 0 Å². The maximum atomic E-state index is 4.41. The van der Waals surface area contributed by atoms with Crippen molar-refractivity contribution in [2.24, 2.45) is 0 Å². The van der Waals surface area contributed by atoms with Gasteiger partial charge < -0.3 is 0 Å². The molecule has 0 saturated heterocycles. The van der Waals surface area contributed by atoms with Crippen molar-refractivity contribution < 1.29 is 0 Å². The standard InChI is InChI=1S/C10H14.C9H13N/c1-3-9-6-5-7-10(4-2)8-9;1-3-8-6-5-7-9(4-2)10-8/h5-8H,3-4H2,1-2H3;5-7H,3-4H2,1-2H3. The summed E-state index contributed by atoms with van der Waals surface area (Å²) in [7, 11) is 0. The Hall–Kier alpha value is -1.63. The van der Waals surface area contributed by atoms with Crippen LogP contribution in [0.1, 0.15) is 50.2 Å². The molecule has 1 aromatic carbocycles. The lowest BCUT2D eigenvalue weighted by atomic mass is 10.1. The lowest BCUT2D eigenvalue weighted by Crippen LogP contribution is -1.91. The quantitative estimate of drug-likeness (QED) is 0.759. The molecule has 0 aliphatic heterocycles. The van der Waals surface area contributed by atoms with Gasteiger partial charge in [-0.2, -0.15) is 0 Å². The SMILES string of the molecule is CCc1cccc(CC)c1.CCc1cccc(CC)n1. The van der Waals surface area contributed by atoms with E-state index in [2.05, 4.69) is 75.1 Å². The van der Waals surface area contributed by atoms with Crippen LogP contribution in [0.15, 0.2) is 42.5 Å². The summed E-state index contributed by atoms with van der Waals surface area (Å²) in [5.74, 6) is 0. The minimum Gasteiger partial charge on any atom is -0.258 e. The van der Waals surface area contributed by atoms with E-state index in [1.54, 1.807) is 0 Å². The molecule has 2 rings (SSSR count). The second-order valence-corrected chi connectivity index (χ2v) is 4.85. The zero-order valence-electron chi connectivity index (χ0n) is 13.3. The van der Waals surface area contributed by atoms with E-state index in [0.717, 1.165) is 25.7 Å². The molecule has 0 atom stereocenters. The van der Waals surface area contributed by atoms with Gasteiger partial charge in [0.25, 0.3) is 0 Å². The van der Waals surface area contributed by atoms with Gasteiger partial charge in [0.1, 0.15) is 0 Å². The number of nitrogens with zero attached hydrogens (tertiary/aromatic N) is 1. The molecule has 0 amide bonds. The summed E-state index contributed by atoms with van der Waals surface area (Å²) in [4.78, 5) is 4.41. The van der Waals surface area contributed by atoms with Crippen LogP contribution < -0.4 is 0 Å². The maximum Gasteiger partial charge on any atom is 0.0404 e. The average Bonchev–Trinajstić information content (AvgIpc) is 2.55. The summed E-state index contributed by atoms with van der Waals surface area (Å²) in [5.41, 5.74) is 5.28. The van der Waals surface area contributed by atoms with E-state index in [0.29, 0.717) is 0 Å². The number of rotatable bonds is 4. The molecule has 1 nitrogen and oxygen atoms in total. The molecule has 0 unspecified atom stereocenters. The van der Waals surface area contributed by atoms with Crippen molar-refractivity contribution in [2.45, 2.75) is 53.4 Å². The summed E-state index contributed by atoms with van der Waals surface area (Å²) in [6.07, 6.45) is 4.36. The van der Waals surface area contributed by atoms with Crippen LogP contribution in [-0.2, 0) is 25.7 Å². The van der Waals surface area contributed by atoms with Gasteiger partial charge in [-0.05, 0) is 48.9 Å². The van der Waals surface area contributed by atoms with E-state index in [4.69, 9.17) is 0 Å². The number of benzene rings is 1. The average molecular weight is 269 g/mol. The molecule has 0 aliphatic carbocycles. The van der Waals surface area contributed by atoms with Crippen LogP contribution in [0.25, 0.3) is 0 Å². The first-order valence-electron chi connectivity index (χ1n) is 7.76. The molecule has 0 saturated carbocycles. The Morgan fingerprint density at radius 1 is 0.650 bits per heavy atom. The van der Waals surface area contributed by atoms with Crippen LogP contribution >= 0.6 is 0 Å². The lowest BCUT2D eigenvalue weighted by Gasteiger charge is -1.98. The minimum absolute atomic E-state index is 1.04. The summed E-state index contributed by atoms with van der Waals surface area (Å²) in [6.45, 7) is 8.63. The highest BCUT2D eigenvalue weighted by Crippen LogP contribution is 2.05. The smallest absolute Gasteiger partial charge is 0.0404 e. The molecule has 0 spiro atoms. The summed E-state index contributed by atoms with van der Waals surface area (Å²) in [6, 6.07) is 15.0. The molecule has 0 bridgehead atoms. The summed E-state index contributed by atoms with van der Waals surface area (Å²) < 4.78 is 0. The Labute approximate surface area is 124 Å². The molecule has 0 N–H and O–H groups in total. The zero-order valence-corrected chi connectivity index (χ0v) is 13.3. The van der Waals surface area contributed by atoms with Crippen LogP contribution in [-0.4, -0.2) is 4.98 Å². The highest BCUT2D eigenvalue weighted by molar-refractivity contribution is 5.23. The van der Waals surface area contributed by atoms with E-state index in [-0.39, 0.29) is 0 Å². The topological polar surface area (TPSA) is 12.9 Å². The zero-order chi connectivity index (χ0) is 14.8. The van der Waals surface area contributed by atoms with Crippen LogP contribution in [0, 0.1) is 0 Å². The second kappa shape index (κ2) is 9.30. The Bertz CT molecular complexity index is 417. The van der Waals surface area contributed by atoms with Crippen molar-refractivity contribution in [1.82, 2.24) is 4.98 Å².